The third-order valence-corrected chi connectivity index (χ3v) is 2.72. The third kappa shape index (κ3) is 3.20. The molecule has 6 heteroatoms. The maximum Gasteiger partial charge on any atom is 0.310 e. The Balaban J connectivity index is 3.35. The summed E-state index contributed by atoms with van der Waals surface area (Å²) in [6, 6.07) is 8.50. The highest BCUT2D eigenvalue weighted by Gasteiger charge is 2.24. The van der Waals surface area contributed by atoms with Crippen LogP contribution in [0.4, 0.5) is 11.4 Å². The van der Waals surface area contributed by atoms with E-state index in [9.17, 15) is 10.1 Å². The van der Waals surface area contributed by atoms with Gasteiger partial charge < -0.3 is 4.90 Å². The lowest BCUT2D eigenvalue weighted by atomic mass is 10.1. The van der Waals surface area contributed by atoms with Gasteiger partial charge in [-0.1, -0.05) is 6.07 Å². The summed E-state index contributed by atoms with van der Waals surface area (Å²) in [5.41, 5.74) is 0.219. The molecule has 98 valence electrons. The SMILES string of the molecule is CC(C)N(CCC#N)c1cccc(C#N)c1[N+](=O)[O-]. The van der Waals surface area contributed by atoms with E-state index in [1.54, 1.807) is 17.0 Å². The van der Waals surface area contributed by atoms with E-state index in [0.29, 0.717) is 12.2 Å². The van der Waals surface area contributed by atoms with E-state index in [1.165, 1.54) is 6.07 Å². The van der Waals surface area contributed by atoms with E-state index >= 15 is 0 Å². The zero-order valence-corrected chi connectivity index (χ0v) is 10.8. The lowest BCUT2D eigenvalue weighted by molar-refractivity contribution is -0.384. The molecule has 0 radical (unpaired) electrons. The second-order valence-electron chi connectivity index (χ2n) is 4.24. The maximum atomic E-state index is 11.2. The zero-order valence-electron chi connectivity index (χ0n) is 10.8. The van der Waals surface area contributed by atoms with Crippen molar-refractivity contribution in [2.24, 2.45) is 0 Å². The Labute approximate surface area is 111 Å². The Kier molecular flexibility index (Phi) is 4.84. The Morgan fingerprint density at radius 2 is 2.11 bits per heavy atom. The predicted molar refractivity (Wildman–Crippen MR) is 70.5 cm³/mol. The highest BCUT2D eigenvalue weighted by molar-refractivity contribution is 5.70. The number of nitro benzene ring substituents is 1. The van der Waals surface area contributed by atoms with Crippen LogP contribution in [0.25, 0.3) is 0 Å². The van der Waals surface area contributed by atoms with Crippen LogP contribution in [-0.2, 0) is 0 Å². The van der Waals surface area contributed by atoms with Crippen LogP contribution < -0.4 is 4.90 Å². The normalized spacial score (nSPS) is 9.74. The first-order valence-electron chi connectivity index (χ1n) is 5.84. The highest BCUT2D eigenvalue weighted by Crippen LogP contribution is 2.32. The molecule has 6 nitrogen and oxygen atoms in total. The van der Waals surface area contributed by atoms with Gasteiger partial charge in [0, 0.05) is 12.6 Å². The third-order valence-electron chi connectivity index (χ3n) is 2.72. The van der Waals surface area contributed by atoms with Gasteiger partial charge in [0.25, 0.3) is 0 Å². The number of hydrogen-bond donors (Lipinski definition) is 0. The minimum Gasteiger partial charge on any atom is -0.362 e. The van der Waals surface area contributed by atoms with Crippen molar-refractivity contribution in [3.63, 3.8) is 0 Å². The molecule has 0 spiro atoms. The highest BCUT2D eigenvalue weighted by atomic mass is 16.6. The van der Waals surface area contributed by atoms with Crippen molar-refractivity contribution in [3.05, 3.63) is 33.9 Å². The molecular weight excluding hydrogens is 244 g/mol. The first kappa shape index (κ1) is 14.5. The Bertz CT molecular complexity index is 555. The van der Waals surface area contributed by atoms with Gasteiger partial charge in [0.1, 0.15) is 17.3 Å². The van der Waals surface area contributed by atoms with Crippen LogP contribution >= 0.6 is 0 Å². The molecule has 0 bridgehead atoms. The fourth-order valence-electron chi connectivity index (χ4n) is 1.87. The predicted octanol–water partition coefficient (Wildman–Crippen LogP) is 2.59. The van der Waals surface area contributed by atoms with Crippen LogP contribution in [0.2, 0.25) is 0 Å². The summed E-state index contributed by atoms with van der Waals surface area (Å²) in [7, 11) is 0. The monoisotopic (exact) mass is 258 g/mol. The summed E-state index contributed by atoms with van der Waals surface area (Å²) in [5.74, 6) is 0. The average molecular weight is 258 g/mol. The summed E-state index contributed by atoms with van der Waals surface area (Å²) >= 11 is 0. The first-order chi connectivity index (χ1) is 9.02. The summed E-state index contributed by atoms with van der Waals surface area (Å²) in [4.78, 5) is 12.4. The number of anilines is 1. The van der Waals surface area contributed by atoms with Crippen molar-refractivity contribution in [1.29, 1.82) is 10.5 Å². The van der Waals surface area contributed by atoms with Crippen molar-refractivity contribution in [2.45, 2.75) is 26.3 Å². The molecule has 0 heterocycles. The van der Waals surface area contributed by atoms with Gasteiger partial charge in [0.15, 0.2) is 0 Å². The largest absolute Gasteiger partial charge is 0.362 e. The standard InChI is InChI=1S/C13H14N4O2/c1-10(2)16(8-4-7-14)12-6-3-5-11(9-15)13(12)17(18)19/h3,5-6,10H,4,8H2,1-2H3. The van der Waals surface area contributed by atoms with Gasteiger partial charge in [-0.3, -0.25) is 10.1 Å². The zero-order chi connectivity index (χ0) is 14.4. The first-order valence-corrected chi connectivity index (χ1v) is 5.84. The molecule has 1 aromatic carbocycles. The minimum atomic E-state index is -0.546. The second kappa shape index (κ2) is 6.36. The fraction of sp³-hybridized carbons (Fsp3) is 0.385. The second-order valence-corrected chi connectivity index (χ2v) is 4.24. The van der Waals surface area contributed by atoms with Crippen LogP contribution in [0.1, 0.15) is 25.8 Å². The molecule has 0 saturated heterocycles. The molecule has 0 N–H and O–H groups in total. The number of nitro groups is 1. The van der Waals surface area contributed by atoms with Gasteiger partial charge in [0.05, 0.1) is 17.4 Å². The topological polar surface area (TPSA) is 94.0 Å². The van der Waals surface area contributed by atoms with Crippen LogP contribution in [0.5, 0.6) is 0 Å². The van der Waals surface area contributed by atoms with Gasteiger partial charge in [-0.25, -0.2) is 0 Å². The summed E-state index contributed by atoms with van der Waals surface area (Å²) in [6.07, 6.45) is 0.270. The molecule has 0 fully saturated rings. The number of rotatable bonds is 5. The molecule has 0 unspecified atom stereocenters. The van der Waals surface area contributed by atoms with E-state index < -0.39 is 4.92 Å². The molecule has 1 rings (SSSR count). The Morgan fingerprint density at radius 3 is 2.58 bits per heavy atom. The molecule has 0 atom stereocenters. The smallest absolute Gasteiger partial charge is 0.310 e. The molecule has 0 aliphatic rings. The quantitative estimate of drug-likeness (QED) is 0.597. The summed E-state index contributed by atoms with van der Waals surface area (Å²) < 4.78 is 0. The Hall–Kier alpha value is -2.60. The van der Waals surface area contributed by atoms with E-state index in [0.717, 1.165) is 0 Å². The van der Waals surface area contributed by atoms with Crippen LogP contribution in [-0.4, -0.2) is 17.5 Å². The molecule has 1 aromatic rings. The van der Waals surface area contributed by atoms with Crippen molar-refractivity contribution in [3.8, 4) is 12.1 Å². The van der Waals surface area contributed by atoms with Gasteiger partial charge in [0.2, 0.25) is 0 Å². The number of para-hydroxylation sites is 1. The minimum absolute atomic E-state index is 0.000919. The van der Waals surface area contributed by atoms with Crippen molar-refractivity contribution < 1.29 is 4.92 Å². The molecule has 0 aliphatic heterocycles. The Morgan fingerprint density at radius 1 is 1.42 bits per heavy atom. The lowest BCUT2D eigenvalue weighted by Gasteiger charge is -2.27. The van der Waals surface area contributed by atoms with Crippen LogP contribution in [0.3, 0.4) is 0 Å². The average Bonchev–Trinajstić information content (AvgIpc) is 2.38. The summed E-state index contributed by atoms with van der Waals surface area (Å²) in [6.45, 7) is 4.17. The molecule has 0 aromatic heterocycles. The van der Waals surface area contributed by atoms with Crippen molar-refractivity contribution in [2.75, 3.05) is 11.4 Å². The van der Waals surface area contributed by atoms with E-state index in [4.69, 9.17) is 10.5 Å². The molecular formula is C13H14N4O2. The number of hydrogen-bond acceptors (Lipinski definition) is 5. The number of benzene rings is 1. The molecule has 0 saturated carbocycles. The van der Waals surface area contributed by atoms with Crippen LogP contribution in [0, 0.1) is 32.8 Å². The molecule has 0 amide bonds. The van der Waals surface area contributed by atoms with E-state index in [-0.39, 0.29) is 23.7 Å². The van der Waals surface area contributed by atoms with Crippen molar-refractivity contribution in [1.82, 2.24) is 0 Å². The number of nitrogens with zero attached hydrogens (tertiary/aromatic N) is 4. The van der Waals surface area contributed by atoms with Gasteiger partial charge in [-0.15, -0.1) is 0 Å². The van der Waals surface area contributed by atoms with Crippen molar-refractivity contribution >= 4 is 11.4 Å². The summed E-state index contributed by atoms with van der Waals surface area (Å²) in [5, 5.41) is 28.8. The molecule has 0 aliphatic carbocycles. The van der Waals surface area contributed by atoms with Gasteiger partial charge >= 0.3 is 5.69 Å². The maximum absolute atomic E-state index is 11.2. The van der Waals surface area contributed by atoms with Gasteiger partial charge in [-0.05, 0) is 26.0 Å². The number of nitriles is 2. The fourth-order valence-corrected chi connectivity index (χ4v) is 1.87. The van der Waals surface area contributed by atoms with E-state index in [1.807, 2.05) is 26.0 Å². The van der Waals surface area contributed by atoms with Crippen LogP contribution in [0.15, 0.2) is 18.2 Å². The van der Waals surface area contributed by atoms with E-state index in [2.05, 4.69) is 0 Å². The van der Waals surface area contributed by atoms with Gasteiger partial charge in [-0.2, -0.15) is 10.5 Å². The lowest BCUT2D eigenvalue weighted by Crippen LogP contribution is -2.32. The molecule has 19 heavy (non-hydrogen) atoms.